The van der Waals surface area contributed by atoms with Crippen LogP contribution in [-0.2, 0) is 18.0 Å². The van der Waals surface area contributed by atoms with Crippen molar-refractivity contribution < 1.29 is 22.8 Å². The molecule has 0 aromatic heterocycles. The summed E-state index contributed by atoms with van der Waals surface area (Å²) in [6, 6.07) is 7.46. The first-order valence-electron chi connectivity index (χ1n) is 9.38. The molecular formula is C19H36NO5PSi. The van der Waals surface area contributed by atoms with Gasteiger partial charge in [-0.25, -0.2) is 0 Å². The molecule has 0 aliphatic carbocycles. The minimum absolute atomic E-state index is 0.0291. The number of benzene rings is 1. The smallest absolute Gasteiger partial charge is 0.350 e. The second-order valence-corrected chi connectivity index (χ2v) is 14.9. The third-order valence-corrected chi connectivity index (χ3v) is 11.7. The summed E-state index contributed by atoms with van der Waals surface area (Å²) in [5.74, 6) is -0.198. The van der Waals surface area contributed by atoms with Gasteiger partial charge in [-0.2, -0.15) is 0 Å². The van der Waals surface area contributed by atoms with Crippen LogP contribution >= 0.6 is 7.60 Å². The maximum atomic E-state index is 13.3. The lowest BCUT2D eigenvalue weighted by molar-refractivity contribution is 0.146. The Morgan fingerprint density at radius 3 is 1.93 bits per heavy atom. The first-order valence-corrected chi connectivity index (χ1v) is 13.9. The van der Waals surface area contributed by atoms with Gasteiger partial charge in [-0.1, -0.05) is 32.9 Å². The summed E-state index contributed by atoms with van der Waals surface area (Å²) in [4.78, 5) is 0. The summed E-state index contributed by atoms with van der Waals surface area (Å²) in [5, 5.41) is -0.0291. The highest BCUT2D eigenvalue weighted by atomic mass is 31.2. The molecule has 0 saturated heterocycles. The van der Waals surface area contributed by atoms with Gasteiger partial charge in [0.1, 0.15) is 11.5 Å². The van der Waals surface area contributed by atoms with Crippen LogP contribution in [0.25, 0.3) is 0 Å². The number of rotatable bonds is 10. The van der Waals surface area contributed by atoms with E-state index in [1.165, 1.54) is 0 Å². The second kappa shape index (κ2) is 9.68. The fourth-order valence-corrected chi connectivity index (χ4v) is 5.45. The maximum Gasteiger partial charge on any atom is 0.350 e. The summed E-state index contributed by atoms with van der Waals surface area (Å²) in [7, 11) is -4.14. The van der Waals surface area contributed by atoms with E-state index < -0.39 is 27.8 Å². The lowest BCUT2D eigenvalue weighted by Crippen LogP contribution is -2.45. The van der Waals surface area contributed by atoms with Crippen molar-refractivity contribution in [3.8, 4) is 5.75 Å². The van der Waals surface area contributed by atoms with Crippen molar-refractivity contribution in [2.24, 2.45) is 5.73 Å². The lowest BCUT2D eigenvalue weighted by atomic mass is 10.1. The maximum absolute atomic E-state index is 13.3. The van der Waals surface area contributed by atoms with E-state index in [9.17, 15) is 4.57 Å². The molecule has 6 nitrogen and oxygen atoms in total. The van der Waals surface area contributed by atoms with Crippen LogP contribution in [0.4, 0.5) is 0 Å². The molecule has 0 unspecified atom stereocenters. The first-order chi connectivity index (χ1) is 12.4. The molecule has 0 fully saturated rings. The fourth-order valence-electron chi connectivity index (χ4n) is 2.36. The summed E-state index contributed by atoms with van der Waals surface area (Å²) in [6.07, 6.45) is -0.610. The monoisotopic (exact) mass is 417 g/mol. The van der Waals surface area contributed by atoms with Gasteiger partial charge in [-0.15, -0.1) is 0 Å². The van der Waals surface area contributed by atoms with Crippen LogP contribution in [0.2, 0.25) is 18.1 Å². The Kier molecular flexibility index (Phi) is 8.73. The highest BCUT2D eigenvalue weighted by molar-refractivity contribution is 7.54. The summed E-state index contributed by atoms with van der Waals surface area (Å²) in [6.45, 7) is 14.8. The highest BCUT2D eigenvalue weighted by Gasteiger charge is 2.46. The average Bonchev–Trinajstić information content (AvgIpc) is 2.58. The normalized spacial score (nSPS) is 15.4. The highest BCUT2D eigenvalue weighted by Crippen LogP contribution is 2.56. The Morgan fingerprint density at radius 2 is 1.56 bits per heavy atom. The molecule has 1 aromatic carbocycles. The molecule has 1 aromatic rings. The van der Waals surface area contributed by atoms with Crippen molar-refractivity contribution in [1.82, 2.24) is 0 Å². The molecule has 2 N–H and O–H groups in total. The third kappa shape index (κ3) is 6.14. The molecule has 0 aliphatic heterocycles. The van der Waals surface area contributed by atoms with Gasteiger partial charge in [-0.3, -0.25) is 4.57 Å². The molecule has 8 heteroatoms. The Balaban J connectivity index is 3.36. The molecule has 0 spiro atoms. The van der Waals surface area contributed by atoms with Gasteiger partial charge in [0.2, 0.25) is 0 Å². The summed E-state index contributed by atoms with van der Waals surface area (Å²) >= 11 is 0. The van der Waals surface area contributed by atoms with Crippen molar-refractivity contribution in [2.45, 2.75) is 64.6 Å². The topological polar surface area (TPSA) is 80.0 Å². The van der Waals surface area contributed by atoms with Crippen molar-refractivity contribution >= 4 is 15.9 Å². The number of hydrogen-bond acceptors (Lipinski definition) is 6. The van der Waals surface area contributed by atoms with Gasteiger partial charge in [0.25, 0.3) is 0 Å². The van der Waals surface area contributed by atoms with E-state index in [-0.39, 0.29) is 18.3 Å². The molecule has 1 rings (SSSR count). The van der Waals surface area contributed by atoms with E-state index in [0.29, 0.717) is 0 Å². The second-order valence-electron chi connectivity index (χ2n) is 7.94. The Bertz CT molecular complexity index is 620. The molecule has 0 heterocycles. The number of methoxy groups -OCH3 is 1. The van der Waals surface area contributed by atoms with Gasteiger partial charge < -0.3 is 23.9 Å². The van der Waals surface area contributed by atoms with Gasteiger partial charge in [-0.05, 0) is 49.7 Å². The van der Waals surface area contributed by atoms with E-state index in [0.717, 1.165) is 11.3 Å². The van der Waals surface area contributed by atoms with Crippen LogP contribution in [0.1, 0.15) is 46.3 Å². The minimum atomic E-state index is -3.55. The van der Waals surface area contributed by atoms with Gasteiger partial charge in [0.15, 0.2) is 8.32 Å². The van der Waals surface area contributed by atoms with Gasteiger partial charge >= 0.3 is 7.60 Å². The standard InChI is InChI=1S/C19H36NO5PSi/c1-9-23-26(21,24-10-2)18(20)17(25-27(7,8)19(3,4)5)15-11-13-16(22-6)14-12-15/h11-14,17-18H,9-10,20H2,1-8H3/t17-,18+/m0/s1. The first kappa shape index (κ1) is 24.3. The molecule has 0 radical (unpaired) electrons. The Morgan fingerprint density at radius 1 is 1.07 bits per heavy atom. The zero-order chi connectivity index (χ0) is 20.9. The van der Waals surface area contributed by atoms with Crippen LogP contribution in [-0.4, -0.2) is 34.4 Å². The van der Waals surface area contributed by atoms with E-state index in [1.54, 1.807) is 21.0 Å². The largest absolute Gasteiger partial charge is 0.497 e. The predicted octanol–water partition coefficient (Wildman–Crippen LogP) is 5.31. The van der Waals surface area contributed by atoms with E-state index >= 15 is 0 Å². The van der Waals surface area contributed by atoms with Crippen molar-refractivity contribution in [2.75, 3.05) is 20.3 Å². The summed E-state index contributed by atoms with van der Waals surface area (Å²) < 4.78 is 36.2. The Labute approximate surface area is 165 Å². The SMILES string of the molecule is CCOP(=O)(OCC)[C@@H](N)[C@@H](O[Si](C)(C)C(C)(C)C)c1ccc(OC)cc1. The molecule has 0 aliphatic rings. The van der Waals surface area contributed by atoms with Crippen molar-refractivity contribution in [1.29, 1.82) is 0 Å². The van der Waals surface area contributed by atoms with E-state index in [1.807, 2.05) is 24.3 Å². The van der Waals surface area contributed by atoms with E-state index in [4.69, 9.17) is 23.9 Å². The molecule has 0 saturated carbocycles. The molecule has 0 amide bonds. The zero-order valence-corrected chi connectivity index (χ0v) is 19.8. The van der Waals surface area contributed by atoms with Crippen LogP contribution < -0.4 is 10.5 Å². The number of hydrogen-bond donors (Lipinski definition) is 1. The molecule has 156 valence electrons. The Hall–Kier alpha value is -0.693. The molecule has 0 bridgehead atoms. The molecule has 2 atom stereocenters. The number of nitrogens with two attached hydrogens (primary N) is 1. The quantitative estimate of drug-likeness (QED) is 0.410. The lowest BCUT2D eigenvalue weighted by Gasteiger charge is -2.41. The van der Waals surface area contributed by atoms with Crippen molar-refractivity contribution in [3.05, 3.63) is 29.8 Å². The number of ether oxygens (including phenoxy) is 1. The van der Waals surface area contributed by atoms with Crippen LogP contribution in [0.3, 0.4) is 0 Å². The van der Waals surface area contributed by atoms with Crippen LogP contribution in [0.15, 0.2) is 24.3 Å². The fraction of sp³-hybridized carbons (Fsp3) is 0.684. The molecular weight excluding hydrogens is 381 g/mol. The summed E-state index contributed by atoms with van der Waals surface area (Å²) in [5.41, 5.74) is 7.30. The van der Waals surface area contributed by atoms with Gasteiger partial charge in [0, 0.05) is 0 Å². The molecule has 27 heavy (non-hydrogen) atoms. The third-order valence-electron chi connectivity index (χ3n) is 4.97. The van der Waals surface area contributed by atoms with Gasteiger partial charge in [0.05, 0.1) is 26.4 Å². The van der Waals surface area contributed by atoms with Crippen molar-refractivity contribution in [3.63, 3.8) is 0 Å². The van der Waals surface area contributed by atoms with E-state index in [2.05, 4.69) is 33.9 Å². The zero-order valence-electron chi connectivity index (χ0n) is 17.9. The average molecular weight is 418 g/mol. The van der Waals surface area contributed by atoms with Crippen LogP contribution in [0, 0.1) is 0 Å². The predicted molar refractivity (Wildman–Crippen MR) is 113 cm³/mol. The minimum Gasteiger partial charge on any atom is -0.497 e. The van der Waals surface area contributed by atoms with Crippen LogP contribution in [0.5, 0.6) is 5.75 Å².